The van der Waals surface area contributed by atoms with Crippen LogP contribution in [0, 0.1) is 12.3 Å². The van der Waals surface area contributed by atoms with E-state index in [0.717, 1.165) is 26.1 Å². The highest BCUT2D eigenvalue weighted by molar-refractivity contribution is 5.69. The molecule has 4 nitrogen and oxygen atoms in total. The maximum Gasteiger partial charge on any atom is 0.317 e. The zero-order chi connectivity index (χ0) is 11.7. The first-order valence-electron chi connectivity index (χ1n) is 5.08. The van der Waals surface area contributed by atoms with Gasteiger partial charge >= 0.3 is 5.97 Å². The Hall–Kier alpha value is -1.05. The predicted octanol–water partition coefficient (Wildman–Crippen LogP) is 0.348. The van der Waals surface area contributed by atoms with E-state index >= 15 is 0 Å². The van der Waals surface area contributed by atoms with E-state index in [0.29, 0.717) is 6.42 Å². The average molecular weight is 212 g/mol. The van der Waals surface area contributed by atoms with E-state index in [4.69, 9.17) is 11.5 Å². The quantitative estimate of drug-likeness (QED) is 0.466. The minimum Gasteiger partial charge on any atom is -0.480 e. The zero-order valence-electron chi connectivity index (χ0n) is 9.57. The minimum atomic E-state index is -0.783. The molecule has 0 aliphatic carbocycles. The molecule has 0 atom stereocenters. The molecule has 4 heteroatoms. The Labute approximate surface area is 91.9 Å². The summed E-state index contributed by atoms with van der Waals surface area (Å²) in [6.45, 7) is 2.48. The lowest BCUT2D eigenvalue weighted by Gasteiger charge is -2.21. The molecule has 0 spiro atoms. The lowest BCUT2D eigenvalue weighted by Crippen LogP contribution is -2.36. The van der Waals surface area contributed by atoms with Gasteiger partial charge in [0.1, 0.15) is 0 Å². The Morgan fingerprint density at radius 2 is 2.00 bits per heavy atom. The van der Waals surface area contributed by atoms with Gasteiger partial charge in [0, 0.05) is 19.5 Å². The molecule has 0 aromatic heterocycles. The fraction of sp³-hybridized carbons (Fsp3) is 0.727. The van der Waals surface area contributed by atoms with Gasteiger partial charge < -0.3 is 10.0 Å². The van der Waals surface area contributed by atoms with Gasteiger partial charge in [0.05, 0.1) is 6.54 Å². The molecular weight excluding hydrogens is 192 g/mol. The zero-order valence-corrected chi connectivity index (χ0v) is 9.57. The second-order valence-corrected chi connectivity index (χ2v) is 3.78. The van der Waals surface area contributed by atoms with Gasteiger partial charge in [-0.3, -0.25) is 9.69 Å². The highest BCUT2D eigenvalue weighted by Crippen LogP contribution is 1.95. The molecule has 0 fully saturated rings. The summed E-state index contributed by atoms with van der Waals surface area (Å²) in [7, 11) is 3.95. The number of hydrogen-bond donors (Lipinski definition) is 1. The van der Waals surface area contributed by atoms with Gasteiger partial charge in [0.15, 0.2) is 0 Å². The molecular formula is C11H20N2O2. The fourth-order valence-corrected chi connectivity index (χ4v) is 1.21. The van der Waals surface area contributed by atoms with Crippen LogP contribution in [0.3, 0.4) is 0 Å². The molecule has 0 aromatic carbocycles. The van der Waals surface area contributed by atoms with E-state index in [1.165, 1.54) is 0 Å². The molecule has 15 heavy (non-hydrogen) atoms. The van der Waals surface area contributed by atoms with Gasteiger partial charge in [-0.2, -0.15) is 0 Å². The predicted molar refractivity (Wildman–Crippen MR) is 60.7 cm³/mol. The normalized spacial score (nSPS) is 10.6. The van der Waals surface area contributed by atoms with Gasteiger partial charge in [-0.25, -0.2) is 0 Å². The van der Waals surface area contributed by atoms with Gasteiger partial charge in [-0.05, 0) is 27.1 Å². The third kappa shape index (κ3) is 9.26. The second-order valence-electron chi connectivity index (χ2n) is 3.78. The average Bonchev–Trinajstić information content (AvgIpc) is 2.13. The van der Waals surface area contributed by atoms with Crippen LogP contribution in [0.15, 0.2) is 0 Å². The lowest BCUT2D eigenvalue weighted by molar-refractivity contribution is -0.138. The number of terminal acetylenes is 1. The van der Waals surface area contributed by atoms with Crippen LogP contribution in [0.5, 0.6) is 0 Å². The first-order valence-corrected chi connectivity index (χ1v) is 5.08. The molecule has 0 heterocycles. The van der Waals surface area contributed by atoms with Crippen LogP contribution < -0.4 is 0 Å². The molecule has 0 radical (unpaired) electrons. The van der Waals surface area contributed by atoms with Crippen molar-refractivity contribution >= 4 is 5.97 Å². The molecule has 0 saturated heterocycles. The molecule has 0 bridgehead atoms. The molecule has 1 N–H and O–H groups in total. The molecule has 0 rings (SSSR count). The minimum absolute atomic E-state index is 0.0956. The van der Waals surface area contributed by atoms with E-state index < -0.39 is 5.97 Å². The number of rotatable bonds is 8. The Morgan fingerprint density at radius 3 is 2.47 bits per heavy atom. The van der Waals surface area contributed by atoms with Gasteiger partial charge in [-0.15, -0.1) is 12.3 Å². The Bertz CT molecular complexity index is 221. The van der Waals surface area contributed by atoms with Crippen LogP contribution in [-0.4, -0.2) is 61.2 Å². The van der Waals surface area contributed by atoms with Crippen LogP contribution in [0.1, 0.15) is 12.8 Å². The van der Waals surface area contributed by atoms with Crippen LogP contribution in [0.2, 0.25) is 0 Å². The number of nitrogens with zero attached hydrogens (tertiary/aromatic N) is 2. The Kier molecular flexibility index (Phi) is 7.69. The maximum atomic E-state index is 10.6. The van der Waals surface area contributed by atoms with Gasteiger partial charge in [0.2, 0.25) is 0 Å². The molecule has 0 saturated carbocycles. The monoisotopic (exact) mass is 212 g/mol. The van der Waals surface area contributed by atoms with Crippen LogP contribution in [-0.2, 0) is 4.79 Å². The van der Waals surface area contributed by atoms with E-state index in [9.17, 15) is 4.79 Å². The largest absolute Gasteiger partial charge is 0.480 e. The van der Waals surface area contributed by atoms with Crippen LogP contribution >= 0.6 is 0 Å². The van der Waals surface area contributed by atoms with E-state index in [1.54, 1.807) is 0 Å². The lowest BCUT2D eigenvalue weighted by atomic mass is 10.3. The number of likely N-dealkylation sites (N-methyl/N-ethyl adjacent to an activating group) is 1. The van der Waals surface area contributed by atoms with Crippen molar-refractivity contribution < 1.29 is 9.90 Å². The summed E-state index contributed by atoms with van der Waals surface area (Å²) in [6, 6.07) is 0. The molecule has 0 aliphatic rings. The summed E-state index contributed by atoms with van der Waals surface area (Å²) in [4.78, 5) is 14.5. The smallest absolute Gasteiger partial charge is 0.317 e. The molecule has 0 amide bonds. The van der Waals surface area contributed by atoms with Crippen LogP contribution in [0.4, 0.5) is 0 Å². The molecule has 0 unspecified atom stereocenters. The maximum absolute atomic E-state index is 10.6. The second kappa shape index (κ2) is 8.27. The van der Waals surface area contributed by atoms with E-state index in [1.807, 2.05) is 23.9 Å². The van der Waals surface area contributed by atoms with E-state index in [2.05, 4.69) is 5.92 Å². The SMILES string of the molecule is C#CCCCN(CCN(C)C)CC(=O)O. The summed E-state index contributed by atoms with van der Waals surface area (Å²) in [6.07, 6.45) is 6.71. The number of carbonyl (C=O) groups is 1. The van der Waals surface area contributed by atoms with Gasteiger partial charge in [-0.1, -0.05) is 0 Å². The topological polar surface area (TPSA) is 43.8 Å². The first kappa shape index (κ1) is 13.9. The first-order chi connectivity index (χ1) is 7.06. The van der Waals surface area contributed by atoms with Crippen molar-refractivity contribution in [3.8, 4) is 12.3 Å². The summed E-state index contributed by atoms with van der Waals surface area (Å²) in [5.41, 5.74) is 0. The van der Waals surface area contributed by atoms with Crippen molar-refractivity contribution in [1.82, 2.24) is 9.80 Å². The standard InChI is InChI=1S/C11H20N2O2/c1-4-5-6-7-13(10-11(14)15)9-8-12(2)3/h1H,5-10H2,2-3H3,(H,14,15). The molecule has 0 aliphatic heterocycles. The summed E-state index contributed by atoms with van der Waals surface area (Å²) in [5.74, 6) is 1.77. The molecule has 0 aromatic rings. The fourth-order valence-electron chi connectivity index (χ4n) is 1.21. The summed E-state index contributed by atoms with van der Waals surface area (Å²) < 4.78 is 0. The van der Waals surface area contributed by atoms with Crippen molar-refractivity contribution in [3.05, 3.63) is 0 Å². The number of unbranched alkanes of at least 4 members (excludes halogenated alkanes) is 1. The highest BCUT2D eigenvalue weighted by Gasteiger charge is 2.08. The van der Waals surface area contributed by atoms with Crippen LogP contribution in [0.25, 0.3) is 0 Å². The third-order valence-electron chi connectivity index (χ3n) is 2.02. The van der Waals surface area contributed by atoms with Crippen molar-refractivity contribution in [3.63, 3.8) is 0 Å². The van der Waals surface area contributed by atoms with Gasteiger partial charge in [0.25, 0.3) is 0 Å². The highest BCUT2D eigenvalue weighted by atomic mass is 16.4. The van der Waals surface area contributed by atoms with Crippen molar-refractivity contribution in [2.75, 3.05) is 40.3 Å². The Balaban J connectivity index is 3.84. The number of carboxylic acids is 1. The van der Waals surface area contributed by atoms with Crippen molar-refractivity contribution in [1.29, 1.82) is 0 Å². The number of aliphatic carboxylic acids is 1. The van der Waals surface area contributed by atoms with Crippen molar-refractivity contribution in [2.24, 2.45) is 0 Å². The summed E-state index contributed by atoms with van der Waals surface area (Å²) >= 11 is 0. The number of carboxylic acid groups (broad SMARTS) is 1. The Morgan fingerprint density at radius 1 is 1.33 bits per heavy atom. The summed E-state index contributed by atoms with van der Waals surface area (Å²) in [5, 5.41) is 8.71. The molecule has 86 valence electrons. The van der Waals surface area contributed by atoms with Crippen molar-refractivity contribution in [2.45, 2.75) is 12.8 Å². The number of hydrogen-bond acceptors (Lipinski definition) is 3. The van der Waals surface area contributed by atoms with E-state index in [-0.39, 0.29) is 6.54 Å². The third-order valence-corrected chi connectivity index (χ3v) is 2.02.